The average Bonchev–Trinajstić information content (AvgIpc) is 2.66. The molecule has 0 aromatic heterocycles. The molecule has 142 valence electrons. The first kappa shape index (κ1) is 19.0. The highest BCUT2D eigenvalue weighted by Gasteiger charge is 2.31. The summed E-state index contributed by atoms with van der Waals surface area (Å²) >= 11 is 0. The van der Waals surface area contributed by atoms with Crippen molar-refractivity contribution in [3.8, 4) is 0 Å². The number of carbonyl (C=O) groups excluding carboxylic acids is 2. The van der Waals surface area contributed by atoms with Gasteiger partial charge < -0.3 is 14.9 Å². The summed E-state index contributed by atoms with van der Waals surface area (Å²) in [6.45, 7) is 5.28. The van der Waals surface area contributed by atoms with Gasteiger partial charge in [-0.05, 0) is 48.2 Å². The number of halogens is 1. The molecule has 0 saturated carbocycles. The fourth-order valence-electron chi connectivity index (χ4n) is 3.15. The van der Waals surface area contributed by atoms with Gasteiger partial charge >= 0.3 is 0 Å². The van der Waals surface area contributed by atoms with Crippen LogP contribution in [0.15, 0.2) is 42.5 Å². The number of aliphatic hydroxyl groups excluding tert-OH is 1. The van der Waals surface area contributed by atoms with E-state index in [0.717, 1.165) is 5.56 Å². The van der Waals surface area contributed by atoms with Crippen LogP contribution in [0.1, 0.15) is 28.4 Å². The van der Waals surface area contributed by atoms with Crippen LogP contribution in [-0.4, -0.2) is 46.4 Å². The molecule has 5 nitrogen and oxygen atoms in total. The van der Waals surface area contributed by atoms with Gasteiger partial charge in [-0.2, -0.15) is 0 Å². The maximum absolute atomic E-state index is 13.0. The molecule has 1 saturated heterocycles. The van der Waals surface area contributed by atoms with Gasteiger partial charge in [0.1, 0.15) is 5.82 Å². The van der Waals surface area contributed by atoms with Gasteiger partial charge in [0, 0.05) is 19.6 Å². The predicted octanol–water partition coefficient (Wildman–Crippen LogP) is 2.35. The molecule has 1 atom stereocenters. The quantitative estimate of drug-likeness (QED) is 0.899. The van der Waals surface area contributed by atoms with Crippen molar-refractivity contribution in [2.45, 2.75) is 26.5 Å². The minimum atomic E-state index is -1.40. The number of hydrogen-bond donors (Lipinski definition) is 1. The van der Waals surface area contributed by atoms with Crippen LogP contribution < -0.4 is 0 Å². The first-order chi connectivity index (χ1) is 12.8. The molecule has 27 heavy (non-hydrogen) atoms. The lowest BCUT2D eigenvalue weighted by atomic mass is 10.1. The zero-order chi connectivity index (χ0) is 19.6. The van der Waals surface area contributed by atoms with Gasteiger partial charge in [-0.25, -0.2) is 4.39 Å². The minimum absolute atomic E-state index is 0.0675. The Labute approximate surface area is 158 Å². The maximum atomic E-state index is 13.0. The largest absolute Gasteiger partial charge is 0.378 e. The van der Waals surface area contributed by atoms with Crippen molar-refractivity contribution >= 4 is 11.8 Å². The van der Waals surface area contributed by atoms with Crippen LogP contribution in [0.25, 0.3) is 0 Å². The van der Waals surface area contributed by atoms with E-state index in [9.17, 15) is 19.1 Å². The lowest BCUT2D eigenvalue weighted by molar-refractivity contribution is -0.150. The predicted molar refractivity (Wildman–Crippen MR) is 99.3 cm³/mol. The van der Waals surface area contributed by atoms with Gasteiger partial charge in [-0.3, -0.25) is 9.59 Å². The summed E-state index contributed by atoms with van der Waals surface area (Å²) in [5.41, 5.74) is 3.75. The van der Waals surface area contributed by atoms with Crippen LogP contribution in [-0.2, 0) is 16.1 Å². The van der Waals surface area contributed by atoms with Crippen molar-refractivity contribution < 1.29 is 19.1 Å². The molecule has 6 heteroatoms. The van der Waals surface area contributed by atoms with Crippen LogP contribution in [0.5, 0.6) is 0 Å². The maximum Gasteiger partial charge on any atom is 0.256 e. The molecule has 2 aromatic carbocycles. The van der Waals surface area contributed by atoms with E-state index in [-0.39, 0.29) is 12.5 Å². The Balaban J connectivity index is 1.62. The second kappa shape index (κ2) is 7.88. The van der Waals surface area contributed by atoms with Gasteiger partial charge in [-0.15, -0.1) is 0 Å². The highest BCUT2D eigenvalue weighted by molar-refractivity contribution is 5.88. The average molecular weight is 370 g/mol. The number of nitrogens with zero attached hydrogens (tertiary/aromatic N) is 2. The molecule has 1 fully saturated rings. The van der Waals surface area contributed by atoms with Crippen LogP contribution in [0.3, 0.4) is 0 Å². The molecule has 1 N–H and O–H groups in total. The zero-order valence-electron chi connectivity index (χ0n) is 15.5. The lowest BCUT2D eigenvalue weighted by Gasteiger charge is -2.35. The summed E-state index contributed by atoms with van der Waals surface area (Å²) in [5.74, 6) is -1.13. The minimum Gasteiger partial charge on any atom is -0.378 e. The molecule has 0 spiro atoms. The summed E-state index contributed by atoms with van der Waals surface area (Å²) in [5, 5.41) is 10.2. The fourth-order valence-corrected chi connectivity index (χ4v) is 3.15. The standard InChI is InChI=1S/C21H23FN2O3/c1-14-3-4-16(11-15(14)2)12-23-9-10-24(13-19(23)25)21(27)20(26)17-5-7-18(22)8-6-17/h3-8,11,20,26H,9-10,12-13H2,1-2H3/t20-/m0/s1. The smallest absolute Gasteiger partial charge is 0.256 e. The van der Waals surface area contributed by atoms with Crippen LogP contribution >= 0.6 is 0 Å². The van der Waals surface area contributed by atoms with E-state index in [1.807, 2.05) is 26.0 Å². The van der Waals surface area contributed by atoms with Crippen molar-refractivity contribution in [2.24, 2.45) is 0 Å². The molecular formula is C21H23FN2O3. The molecule has 1 aliphatic heterocycles. The molecule has 0 radical (unpaired) electrons. The Kier molecular flexibility index (Phi) is 5.56. The summed E-state index contributed by atoms with van der Waals surface area (Å²) in [6, 6.07) is 11.2. The Morgan fingerprint density at radius 1 is 1.11 bits per heavy atom. The van der Waals surface area contributed by atoms with Gasteiger partial charge in [0.05, 0.1) is 6.54 Å². The first-order valence-electron chi connectivity index (χ1n) is 8.91. The number of hydrogen-bond acceptors (Lipinski definition) is 3. The van der Waals surface area contributed by atoms with Crippen molar-refractivity contribution in [2.75, 3.05) is 19.6 Å². The van der Waals surface area contributed by atoms with E-state index >= 15 is 0 Å². The number of aliphatic hydroxyl groups is 1. The van der Waals surface area contributed by atoms with E-state index < -0.39 is 17.8 Å². The topological polar surface area (TPSA) is 60.9 Å². The molecule has 1 aliphatic rings. The molecule has 2 aromatic rings. The highest BCUT2D eigenvalue weighted by Crippen LogP contribution is 2.19. The van der Waals surface area contributed by atoms with E-state index in [2.05, 4.69) is 6.07 Å². The van der Waals surface area contributed by atoms with Gasteiger partial charge in [0.15, 0.2) is 6.10 Å². The summed E-state index contributed by atoms with van der Waals surface area (Å²) < 4.78 is 13.0. The van der Waals surface area contributed by atoms with E-state index in [1.165, 1.54) is 40.3 Å². The van der Waals surface area contributed by atoms with Crippen molar-refractivity contribution in [3.05, 3.63) is 70.5 Å². The summed E-state index contributed by atoms with van der Waals surface area (Å²) in [7, 11) is 0. The third-order valence-corrected chi connectivity index (χ3v) is 4.99. The molecule has 1 heterocycles. The fraction of sp³-hybridized carbons (Fsp3) is 0.333. The van der Waals surface area contributed by atoms with Crippen molar-refractivity contribution in [1.29, 1.82) is 0 Å². The van der Waals surface area contributed by atoms with Gasteiger partial charge in [0.2, 0.25) is 5.91 Å². The SMILES string of the molecule is Cc1ccc(CN2CCN(C(=O)[C@@H](O)c3ccc(F)cc3)CC2=O)cc1C. The summed E-state index contributed by atoms with van der Waals surface area (Å²) in [4.78, 5) is 28.0. The normalized spacial score (nSPS) is 15.8. The van der Waals surface area contributed by atoms with Crippen LogP contribution in [0, 0.1) is 19.7 Å². The Hall–Kier alpha value is -2.73. The molecular weight excluding hydrogens is 347 g/mol. The van der Waals surface area contributed by atoms with Crippen molar-refractivity contribution in [3.63, 3.8) is 0 Å². The Morgan fingerprint density at radius 3 is 2.44 bits per heavy atom. The molecule has 0 aliphatic carbocycles. The van der Waals surface area contributed by atoms with Crippen LogP contribution in [0.4, 0.5) is 4.39 Å². The lowest BCUT2D eigenvalue weighted by Crippen LogP contribution is -2.52. The van der Waals surface area contributed by atoms with E-state index in [4.69, 9.17) is 0 Å². The molecule has 3 rings (SSSR count). The van der Waals surface area contributed by atoms with Gasteiger partial charge in [-0.1, -0.05) is 30.3 Å². The summed E-state index contributed by atoms with van der Waals surface area (Å²) in [6.07, 6.45) is -1.40. The van der Waals surface area contributed by atoms with E-state index in [1.54, 1.807) is 4.90 Å². The zero-order valence-corrected chi connectivity index (χ0v) is 15.5. The van der Waals surface area contributed by atoms with Crippen LogP contribution in [0.2, 0.25) is 0 Å². The van der Waals surface area contributed by atoms with Crippen molar-refractivity contribution in [1.82, 2.24) is 9.80 Å². The van der Waals surface area contributed by atoms with Gasteiger partial charge in [0.25, 0.3) is 5.91 Å². The number of amides is 2. The molecule has 0 bridgehead atoms. The molecule has 0 unspecified atom stereocenters. The number of piperazine rings is 1. The number of carbonyl (C=O) groups is 2. The van der Waals surface area contributed by atoms with E-state index in [0.29, 0.717) is 25.2 Å². The highest BCUT2D eigenvalue weighted by atomic mass is 19.1. The first-order valence-corrected chi connectivity index (χ1v) is 8.91. The third kappa shape index (κ3) is 4.34. The number of rotatable bonds is 4. The third-order valence-electron chi connectivity index (χ3n) is 4.99. The molecule has 2 amide bonds. The second-order valence-corrected chi connectivity index (χ2v) is 6.95. The number of aryl methyl sites for hydroxylation is 2. The Bertz CT molecular complexity index is 851. The Morgan fingerprint density at radius 2 is 1.81 bits per heavy atom. The monoisotopic (exact) mass is 370 g/mol. The second-order valence-electron chi connectivity index (χ2n) is 6.95. The number of benzene rings is 2.